The average Bonchev–Trinajstić information content (AvgIpc) is 3.62. The van der Waals surface area contributed by atoms with Crippen LogP contribution in [-0.4, -0.2) is 100 Å². The van der Waals surface area contributed by atoms with Gasteiger partial charge in [0.2, 0.25) is 0 Å². The van der Waals surface area contributed by atoms with Crippen molar-refractivity contribution >= 4 is 33.5 Å². The maximum atomic E-state index is 17.2. The topological polar surface area (TPSA) is 130 Å². The van der Waals surface area contributed by atoms with E-state index in [1.807, 2.05) is 4.90 Å². The number of aliphatic hydroxyl groups is 1. The number of carboxylic acid groups (broad SMARTS) is 1. The molecule has 5 heterocycles. The first-order valence-electron chi connectivity index (χ1n) is 17.4. The highest BCUT2D eigenvalue weighted by Gasteiger charge is 2.49. The van der Waals surface area contributed by atoms with E-state index in [0.29, 0.717) is 60.1 Å². The minimum absolute atomic E-state index is 0.0789. The number of halogens is 3. The maximum absolute atomic E-state index is 17.2. The maximum Gasteiger partial charge on any atom is 0.319 e. The number of benzene rings is 2. The molecule has 4 aromatic rings. The Morgan fingerprint density at radius 2 is 1.94 bits per heavy atom. The molecule has 0 unspecified atom stereocenters. The summed E-state index contributed by atoms with van der Waals surface area (Å²) in [5.41, 5.74) is -1.24. The largest absolute Gasteiger partial charge is 0.481 e. The van der Waals surface area contributed by atoms with Crippen molar-refractivity contribution in [3.8, 4) is 23.0 Å². The number of aryl methyl sites for hydroxylation is 1. The number of aliphatic carboxylic acids is 1. The molecule has 0 spiro atoms. The number of hydrogen-bond donors (Lipinski definition) is 2. The van der Waals surface area contributed by atoms with Crippen molar-refractivity contribution in [1.82, 2.24) is 19.9 Å². The lowest BCUT2D eigenvalue weighted by Gasteiger charge is -2.38. The Hall–Kier alpha value is -4.27. The summed E-state index contributed by atoms with van der Waals surface area (Å²) in [5, 5.41) is 21.4. The van der Waals surface area contributed by atoms with Crippen LogP contribution >= 0.6 is 0 Å². The molecule has 0 saturated carbocycles. The average molecular weight is 710 g/mol. The second-order valence-electron chi connectivity index (χ2n) is 14.3. The van der Waals surface area contributed by atoms with E-state index < -0.39 is 34.9 Å². The highest BCUT2D eigenvalue weighted by Crippen LogP contribution is 2.42. The molecule has 51 heavy (non-hydrogen) atoms. The molecule has 0 aliphatic carbocycles. The van der Waals surface area contributed by atoms with Gasteiger partial charge in [-0.15, -0.1) is 0 Å². The van der Waals surface area contributed by atoms with Crippen molar-refractivity contribution in [2.45, 2.75) is 75.6 Å². The summed E-state index contributed by atoms with van der Waals surface area (Å²) in [7, 11) is 1.47. The Balaban J connectivity index is 1.38. The third-order valence-corrected chi connectivity index (χ3v) is 10.4. The molecule has 2 N–H and O–H groups in total. The van der Waals surface area contributed by atoms with Gasteiger partial charge < -0.3 is 29.3 Å². The van der Waals surface area contributed by atoms with Crippen LogP contribution in [0.2, 0.25) is 0 Å². The van der Waals surface area contributed by atoms with Gasteiger partial charge in [-0.25, -0.2) is 13.2 Å². The Labute approximate surface area is 293 Å². The second kappa shape index (κ2) is 14.0. The molecule has 3 fully saturated rings. The lowest BCUT2D eigenvalue weighted by Crippen LogP contribution is -2.46. The van der Waals surface area contributed by atoms with Crippen molar-refractivity contribution in [1.29, 1.82) is 0 Å². The first kappa shape index (κ1) is 35.1. The third-order valence-electron chi connectivity index (χ3n) is 10.4. The molecule has 272 valence electrons. The standard InChI is InChI=1S/C37H42F3N5O6/c1-36(48)10-4-12-44(19-36)34-27-17-41-32(31(40)33(27)42-35(43-34)50-20-37-11-5-13-45(37)18-23(38)16-37)26-15-24(51-21-49-2)14-22-8-9-28(39)25(30(22)26)6-3-7-29(46)47/h8-9,14-15,17,23,48H,3-7,10-13,16,18-21H2,1-2H3,(H,46,47)/t23-,36-,37+/m1/s1. The lowest BCUT2D eigenvalue weighted by atomic mass is 9.93. The summed E-state index contributed by atoms with van der Waals surface area (Å²) in [5.74, 6) is -1.68. The van der Waals surface area contributed by atoms with Crippen LogP contribution in [-0.2, 0) is 16.0 Å². The number of ether oxygens (including phenoxy) is 3. The number of nitrogens with zero attached hydrogens (tertiary/aromatic N) is 5. The summed E-state index contributed by atoms with van der Waals surface area (Å²) < 4.78 is 64.3. The number of carboxylic acids is 1. The predicted octanol–water partition coefficient (Wildman–Crippen LogP) is 5.82. The van der Waals surface area contributed by atoms with Gasteiger partial charge in [0.15, 0.2) is 12.6 Å². The number of alkyl halides is 1. The van der Waals surface area contributed by atoms with E-state index in [-0.39, 0.29) is 67.6 Å². The van der Waals surface area contributed by atoms with Crippen LogP contribution in [0.1, 0.15) is 57.4 Å². The van der Waals surface area contributed by atoms with Crippen LogP contribution in [0.15, 0.2) is 30.5 Å². The Bertz CT molecular complexity index is 1960. The molecule has 3 saturated heterocycles. The van der Waals surface area contributed by atoms with E-state index in [1.54, 1.807) is 25.1 Å². The van der Waals surface area contributed by atoms with E-state index in [2.05, 4.69) is 14.9 Å². The molecule has 3 atom stereocenters. The Kier molecular flexibility index (Phi) is 9.67. The van der Waals surface area contributed by atoms with Gasteiger partial charge in [-0.1, -0.05) is 6.07 Å². The zero-order chi connectivity index (χ0) is 35.9. The van der Waals surface area contributed by atoms with E-state index >= 15 is 8.78 Å². The van der Waals surface area contributed by atoms with E-state index in [1.165, 1.54) is 19.4 Å². The van der Waals surface area contributed by atoms with E-state index in [4.69, 9.17) is 19.2 Å². The fourth-order valence-corrected chi connectivity index (χ4v) is 8.11. The van der Waals surface area contributed by atoms with E-state index in [0.717, 1.165) is 19.4 Å². The molecule has 2 aromatic heterocycles. The SMILES string of the molecule is COCOc1cc(-c2ncc3c(N4CCC[C@@](C)(O)C4)nc(OC[C@@]45CCCN4C[C@H](F)C5)nc3c2F)c2c(CCCC(=O)O)c(F)ccc2c1. The predicted molar refractivity (Wildman–Crippen MR) is 184 cm³/mol. The molecule has 0 bridgehead atoms. The van der Waals surface area contributed by atoms with Gasteiger partial charge in [-0.05, 0) is 86.5 Å². The zero-order valence-electron chi connectivity index (χ0n) is 28.8. The Morgan fingerprint density at radius 1 is 1.12 bits per heavy atom. The van der Waals surface area contributed by atoms with Crippen LogP contribution in [0.25, 0.3) is 32.9 Å². The van der Waals surface area contributed by atoms with Crippen molar-refractivity contribution in [2.24, 2.45) is 0 Å². The number of hydrogen-bond acceptors (Lipinski definition) is 10. The van der Waals surface area contributed by atoms with Gasteiger partial charge in [-0.3, -0.25) is 14.7 Å². The van der Waals surface area contributed by atoms with Crippen LogP contribution in [0.3, 0.4) is 0 Å². The van der Waals surface area contributed by atoms with Gasteiger partial charge in [0.05, 0.1) is 16.5 Å². The highest BCUT2D eigenvalue weighted by molar-refractivity contribution is 6.02. The Morgan fingerprint density at radius 3 is 2.73 bits per heavy atom. The lowest BCUT2D eigenvalue weighted by molar-refractivity contribution is -0.137. The molecular formula is C37H42F3N5O6. The molecule has 11 nitrogen and oxygen atoms in total. The molecule has 7 rings (SSSR count). The normalized spacial score (nSPS) is 23.6. The summed E-state index contributed by atoms with van der Waals surface area (Å²) in [6.07, 6.45) is 3.90. The summed E-state index contributed by atoms with van der Waals surface area (Å²) in [6.45, 7) is 3.71. The van der Waals surface area contributed by atoms with Crippen LogP contribution in [0.5, 0.6) is 11.8 Å². The first-order chi connectivity index (χ1) is 24.5. The van der Waals surface area contributed by atoms with Crippen molar-refractivity contribution in [2.75, 3.05) is 51.6 Å². The number of methoxy groups -OCH3 is 1. The van der Waals surface area contributed by atoms with Crippen molar-refractivity contribution in [3.63, 3.8) is 0 Å². The van der Waals surface area contributed by atoms with Gasteiger partial charge in [0, 0.05) is 51.3 Å². The minimum atomic E-state index is -1.01. The molecule has 2 aromatic carbocycles. The third kappa shape index (κ3) is 7.01. The summed E-state index contributed by atoms with van der Waals surface area (Å²) in [6, 6.07) is 6.01. The molecule has 0 amide bonds. The molecular weight excluding hydrogens is 667 g/mol. The minimum Gasteiger partial charge on any atom is -0.481 e. The molecule has 3 aliphatic heterocycles. The number of rotatable bonds is 12. The summed E-state index contributed by atoms with van der Waals surface area (Å²) in [4.78, 5) is 29.1. The van der Waals surface area contributed by atoms with Crippen LogP contribution in [0, 0.1) is 11.6 Å². The molecule has 3 aliphatic rings. The number of carbonyl (C=O) groups is 1. The van der Waals surface area contributed by atoms with Gasteiger partial charge >= 0.3 is 12.0 Å². The summed E-state index contributed by atoms with van der Waals surface area (Å²) >= 11 is 0. The van der Waals surface area contributed by atoms with Crippen LogP contribution < -0.4 is 14.4 Å². The first-order valence-corrected chi connectivity index (χ1v) is 17.4. The number of piperidine rings is 1. The fourth-order valence-electron chi connectivity index (χ4n) is 8.11. The number of fused-ring (bicyclic) bond motifs is 3. The molecule has 0 radical (unpaired) electrons. The van der Waals surface area contributed by atoms with Gasteiger partial charge in [-0.2, -0.15) is 9.97 Å². The second-order valence-corrected chi connectivity index (χ2v) is 14.3. The van der Waals surface area contributed by atoms with Crippen molar-refractivity contribution < 1.29 is 42.4 Å². The van der Waals surface area contributed by atoms with Gasteiger partial charge in [0.1, 0.15) is 41.4 Å². The quantitative estimate of drug-likeness (QED) is 0.173. The monoisotopic (exact) mass is 709 g/mol. The number of aromatic nitrogens is 3. The van der Waals surface area contributed by atoms with Crippen molar-refractivity contribution in [3.05, 3.63) is 47.7 Å². The van der Waals surface area contributed by atoms with Gasteiger partial charge in [0.25, 0.3) is 0 Å². The number of β-amino-alcohol motifs (C(OH)–C–C–N with tert-alkyl or cyclic N) is 1. The highest BCUT2D eigenvalue weighted by atomic mass is 19.1. The molecule has 14 heteroatoms. The number of anilines is 1. The zero-order valence-corrected chi connectivity index (χ0v) is 28.8. The number of pyridine rings is 1. The van der Waals surface area contributed by atoms with E-state index in [9.17, 15) is 19.4 Å². The van der Waals surface area contributed by atoms with Crippen LogP contribution in [0.4, 0.5) is 19.0 Å². The smallest absolute Gasteiger partial charge is 0.319 e. The fraction of sp³-hybridized carbons (Fsp3) is 0.514.